The van der Waals surface area contributed by atoms with Gasteiger partial charge in [0.05, 0.1) is 0 Å². The second-order valence-corrected chi connectivity index (χ2v) is 6.41. The third kappa shape index (κ3) is 5.14. The maximum atomic E-state index is 5.92. The standard InChI is InChI=1S/C21H31N/c1-2-3-4-5-6-7-8-9-12-18-15-19-13-10-11-14-21(19)20(16-18)17-22/h10-11,13-16H,2-9,12,17,22H2,1H3. The molecule has 0 heterocycles. The zero-order valence-electron chi connectivity index (χ0n) is 14.1. The van der Waals surface area contributed by atoms with Gasteiger partial charge in [-0.3, -0.25) is 0 Å². The molecule has 2 aromatic rings. The van der Waals surface area contributed by atoms with Gasteiger partial charge in [-0.1, -0.05) is 88.3 Å². The van der Waals surface area contributed by atoms with Crippen LogP contribution in [0.4, 0.5) is 0 Å². The van der Waals surface area contributed by atoms with E-state index >= 15 is 0 Å². The summed E-state index contributed by atoms with van der Waals surface area (Å²) in [5.41, 5.74) is 8.65. The van der Waals surface area contributed by atoms with Crippen LogP contribution in [0.15, 0.2) is 36.4 Å². The average Bonchev–Trinajstić information content (AvgIpc) is 2.56. The molecule has 22 heavy (non-hydrogen) atoms. The second-order valence-electron chi connectivity index (χ2n) is 6.41. The maximum Gasteiger partial charge on any atom is 0.0184 e. The van der Waals surface area contributed by atoms with E-state index < -0.39 is 0 Å². The normalized spacial score (nSPS) is 11.2. The molecule has 0 aromatic heterocycles. The number of unbranched alkanes of at least 4 members (excludes halogenated alkanes) is 7. The van der Waals surface area contributed by atoms with Gasteiger partial charge in [-0.25, -0.2) is 0 Å². The van der Waals surface area contributed by atoms with Gasteiger partial charge >= 0.3 is 0 Å². The fourth-order valence-corrected chi connectivity index (χ4v) is 3.23. The fraction of sp³-hybridized carbons (Fsp3) is 0.524. The number of nitrogens with two attached hydrogens (primary N) is 1. The molecule has 0 radical (unpaired) electrons. The molecular weight excluding hydrogens is 266 g/mol. The van der Waals surface area contributed by atoms with Crippen molar-refractivity contribution >= 4 is 10.8 Å². The highest BCUT2D eigenvalue weighted by molar-refractivity contribution is 5.86. The van der Waals surface area contributed by atoms with Crippen molar-refractivity contribution in [2.75, 3.05) is 0 Å². The molecule has 0 aliphatic rings. The van der Waals surface area contributed by atoms with E-state index in [4.69, 9.17) is 5.73 Å². The van der Waals surface area contributed by atoms with E-state index in [1.165, 1.54) is 79.7 Å². The van der Waals surface area contributed by atoms with Crippen LogP contribution in [-0.2, 0) is 13.0 Å². The van der Waals surface area contributed by atoms with Gasteiger partial charge in [0.2, 0.25) is 0 Å². The lowest BCUT2D eigenvalue weighted by Crippen LogP contribution is -1.99. The molecule has 0 aliphatic carbocycles. The molecule has 0 amide bonds. The third-order valence-corrected chi connectivity index (χ3v) is 4.55. The van der Waals surface area contributed by atoms with Gasteiger partial charge in [0.15, 0.2) is 0 Å². The second kappa shape index (κ2) is 9.63. The summed E-state index contributed by atoms with van der Waals surface area (Å²) in [7, 11) is 0. The Bertz CT molecular complexity index is 559. The Kier molecular flexibility index (Phi) is 7.45. The predicted molar refractivity (Wildman–Crippen MR) is 98.2 cm³/mol. The number of rotatable bonds is 10. The van der Waals surface area contributed by atoms with Gasteiger partial charge in [0.1, 0.15) is 0 Å². The fourth-order valence-electron chi connectivity index (χ4n) is 3.23. The molecule has 0 atom stereocenters. The van der Waals surface area contributed by atoms with Crippen molar-refractivity contribution in [3.63, 3.8) is 0 Å². The number of hydrogen-bond donors (Lipinski definition) is 1. The molecule has 2 aromatic carbocycles. The third-order valence-electron chi connectivity index (χ3n) is 4.55. The summed E-state index contributed by atoms with van der Waals surface area (Å²) in [5.74, 6) is 0. The molecule has 2 N–H and O–H groups in total. The Morgan fingerprint density at radius 1 is 0.818 bits per heavy atom. The van der Waals surface area contributed by atoms with Crippen LogP contribution >= 0.6 is 0 Å². The van der Waals surface area contributed by atoms with Crippen LogP contribution in [0.5, 0.6) is 0 Å². The minimum absolute atomic E-state index is 0.631. The van der Waals surface area contributed by atoms with Crippen molar-refractivity contribution in [1.29, 1.82) is 0 Å². The number of benzene rings is 2. The zero-order valence-corrected chi connectivity index (χ0v) is 14.1. The van der Waals surface area contributed by atoms with E-state index in [0.29, 0.717) is 6.54 Å². The molecule has 0 fully saturated rings. The van der Waals surface area contributed by atoms with Crippen LogP contribution in [0.2, 0.25) is 0 Å². The van der Waals surface area contributed by atoms with Crippen molar-refractivity contribution in [3.8, 4) is 0 Å². The minimum atomic E-state index is 0.631. The number of fused-ring (bicyclic) bond motifs is 1. The Morgan fingerprint density at radius 2 is 1.50 bits per heavy atom. The first-order valence-electron chi connectivity index (χ1n) is 9.05. The van der Waals surface area contributed by atoms with E-state index in [1.807, 2.05) is 0 Å². The van der Waals surface area contributed by atoms with Crippen LogP contribution in [0.25, 0.3) is 10.8 Å². The molecular formula is C21H31N. The number of hydrogen-bond acceptors (Lipinski definition) is 1. The van der Waals surface area contributed by atoms with Crippen LogP contribution in [0.1, 0.15) is 69.4 Å². The minimum Gasteiger partial charge on any atom is -0.326 e. The van der Waals surface area contributed by atoms with Crippen molar-refractivity contribution in [3.05, 3.63) is 47.5 Å². The highest BCUT2D eigenvalue weighted by Crippen LogP contribution is 2.22. The van der Waals surface area contributed by atoms with Crippen molar-refractivity contribution < 1.29 is 0 Å². The highest BCUT2D eigenvalue weighted by Gasteiger charge is 2.03. The summed E-state index contributed by atoms with van der Waals surface area (Å²) in [6.45, 7) is 2.91. The summed E-state index contributed by atoms with van der Waals surface area (Å²) in [6, 6.07) is 13.2. The van der Waals surface area contributed by atoms with E-state index in [0.717, 1.165) is 0 Å². The summed E-state index contributed by atoms with van der Waals surface area (Å²) >= 11 is 0. The first-order chi connectivity index (χ1) is 10.8. The van der Waals surface area contributed by atoms with E-state index in [-0.39, 0.29) is 0 Å². The molecule has 0 saturated heterocycles. The maximum absolute atomic E-state index is 5.92. The molecule has 0 spiro atoms. The molecule has 0 saturated carbocycles. The number of aryl methyl sites for hydroxylation is 1. The van der Waals surface area contributed by atoms with Gasteiger partial charge in [-0.15, -0.1) is 0 Å². The lowest BCUT2D eigenvalue weighted by Gasteiger charge is -2.09. The quantitative estimate of drug-likeness (QED) is 0.536. The highest BCUT2D eigenvalue weighted by atomic mass is 14.5. The Labute approximate surface area is 135 Å². The van der Waals surface area contributed by atoms with E-state index in [9.17, 15) is 0 Å². The SMILES string of the molecule is CCCCCCCCCCc1cc(CN)c2ccccc2c1. The van der Waals surface area contributed by atoms with Gasteiger partial charge in [-0.2, -0.15) is 0 Å². The summed E-state index contributed by atoms with van der Waals surface area (Å²) in [4.78, 5) is 0. The first kappa shape index (κ1) is 17.0. The monoisotopic (exact) mass is 297 g/mol. The molecule has 0 bridgehead atoms. The van der Waals surface area contributed by atoms with Gasteiger partial charge in [0, 0.05) is 6.54 Å². The van der Waals surface area contributed by atoms with Crippen LogP contribution in [0.3, 0.4) is 0 Å². The Hall–Kier alpha value is -1.34. The van der Waals surface area contributed by atoms with E-state index in [1.54, 1.807) is 0 Å². The molecule has 1 heteroatoms. The Morgan fingerprint density at radius 3 is 2.23 bits per heavy atom. The molecule has 2 rings (SSSR count). The van der Waals surface area contributed by atoms with Crippen LogP contribution in [-0.4, -0.2) is 0 Å². The van der Waals surface area contributed by atoms with Crippen molar-refractivity contribution in [1.82, 2.24) is 0 Å². The molecule has 1 nitrogen and oxygen atoms in total. The summed E-state index contributed by atoms with van der Waals surface area (Å²) < 4.78 is 0. The van der Waals surface area contributed by atoms with Crippen molar-refractivity contribution in [2.24, 2.45) is 5.73 Å². The lowest BCUT2D eigenvalue weighted by atomic mass is 9.97. The summed E-state index contributed by atoms with van der Waals surface area (Å²) in [6.07, 6.45) is 12.2. The van der Waals surface area contributed by atoms with Gasteiger partial charge in [0.25, 0.3) is 0 Å². The van der Waals surface area contributed by atoms with Crippen molar-refractivity contribution in [2.45, 2.75) is 71.3 Å². The molecule has 0 unspecified atom stereocenters. The van der Waals surface area contributed by atoms with E-state index in [2.05, 4.69) is 43.3 Å². The lowest BCUT2D eigenvalue weighted by molar-refractivity contribution is 0.575. The zero-order chi connectivity index (χ0) is 15.6. The first-order valence-corrected chi connectivity index (χ1v) is 9.05. The summed E-state index contributed by atoms with van der Waals surface area (Å²) in [5, 5.41) is 2.64. The van der Waals surface area contributed by atoms with Crippen LogP contribution in [0, 0.1) is 0 Å². The molecule has 120 valence electrons. The van der Waals surface area contributed by atoms with Gasteiger partial charge in [-0.05, 0) is 34.7 Å². The topological polar surface area (TPSA) is 26.0 Å². The molecule has 0 aliphatic heterocycles. The van der Waals surface area contributed by atoms with Gasteiger partial charge < -0.3 is 5.73 Å². The smallest absolute Gasteiger partial charge is 0.0184 e. The van der Waals surface area contributed by atoms with Crippen LogP contribution < -0.4 is 5.73 Å². The Balaban J connectivity index is 1.79. The predicted octanol–water partition coefficient (Wildman–Crippen LogP) is 5.98. The largest absolute Gasteiger partial charge is 0.326 e. The average molecular weight is 297 g/mol.